The Kier molecular flexibility index (Phi) is 16.3. The highest BCUT2D eigenvalue weighted by Crippen LogP contribution is 2.26. The molecule has 1 fully saturated rings. The number of rotatable bonds is 15. The van der Waals surface area contributed by atoms with Gasteiger partial charge in [-0.25, -0.2) is 0 Å². The highest BCUT2D eigenvalue weighted by molar-refractivity contribution is 5.96. The molecule has 41 heavy (non-hydrogen) atoms. The van der Waals surface area contributed by atoms with Gasteiger partial charge in [-0.3, -0.25) is 29.8 Å². The lowest BCUT2D eigenvalue weighted by Gasteiger charge is -2.27. The number of carbonyl (C=O) groups is 2. The van der Waals surface area contributed by atoms with Gasteiger partial charge in [-0.2, -0.15) is 0 Å². The van der Waals surface area contributed by atoms with Gasteiger partial charge in [0, 0.05) is 18.2 Å². The van der Waals surface area contributed by atoms with Crippen LogP contribution in [0, 0.1) is 26.1 Å². The number of ether oxygens (including phenoxy) is 1. The summed E-state index contributed by atoms with van der Waals surface area (Å²) in [4.78, 5) is 47.7. The molecule has 0 aromatic heterocycles. The van der Waals surface area contributed by atoms with E-state index in [1.54, 1.807) is 0 Å². The summed E-state index contributed by atoms with van der Waals surface area (Å²) in [6, 6.07) is 2.37. The lowest BCUT2D eigenvalue weighted by atomic mass is 9.88. The molecule has 2 atom stereocenters. The summed E-state index contributed by atoms with van der Waals surface area (Å²) in [5.41, 5.74) is -1.24. The Morgan fingerprint density at radius 1 is 0.805 bits per heavy atom. The fourth-order valence-electron chi connectivity index (χ4n) is 5.39. The molecule has 0 saturated heterocycles. The number of hydrogen-bond acceptors (Lipinski definition) is 7. The molecule has 0 bridgehead atoms. The fraction of sp³-hybridized carbons (Fsp3) is 0.677. The molecule has 228 valence electrons. The second-order valence-electron chi connectivity index (χ2n) is 11.1. The maximum atomic E-state index is 13.3. The number of nitro benzene ring substituents is 2. The Hall–Kier alpha value is -3.30. The van der Waals surface area contributed by atoms with Crippen LogP contribution >= 0.6 is 0 Å². The zero-order chi connectivity index (χ0) is 29.9. The number of hydrogen-bond donors (Lipinski definition) is 1. The third-order valence-electron chi connectivity index (χ3n) is 7.77. The molecule has 1 saturated carbocycles. The number of allylic oxidation sites excluding steroid dienone is 1. The van der Waals surface area contributed by atoms with Gasteiger partial charge in [0.2, 0.25) is 0 Å². The number of nitrogens with one attached hydrogen (secondary N) is 1. The van der Waals surface area contributed by atoms with Crippen LogP contribution in [-0.4, -0.2) is 34.4 Å². The van der Waals surface area contributed by atoms with Crippen LogP contribution in [0.15, 0.2) is 30.9 Å². The van der Waals surface area contributed by atoms with E-state index in [2.05, 4.69) is 11.9 Å². The summed E-state index contributed by atoms with van der Waals surface area (Å²) in [5.74, 6) is -1.54. The normalized spacial score (nSPS) is 18.3. The minimum Gasteiger partial charge on any atom is -0.465 e. The van der Waals surface area contributed by atoms with E-state index < -0.39 is 39.1 Å². The van der Waals surface area contributed by atoms with Crippen LogP contribution < -0.4 is 5.32 Å². The molecule has 1 aliphatic rings. The summed E-state index contributed by atoms with van der Waals surface area (Å²) in [6.45, 7) is 4.08. The Balaban J connectivity index is 2.06. The molecule has 10 nitrogen and oxygen atoms in total. The van der Waals surface area contributed by atoms with Crippen molar-refractivity contribution in [1.82, 2.24) is 5.32 Å². The van der Waals surface area contributed by atoms with Crippen LogP contribution in [0.1, 0.15) is 126 Å². The second kappa shape index (κ2) is 19.7. The van der Waals surface area contributed by atoms with Crippen LogP contribution in [0.4, 0.5) is 11.4 Å². The van der Waals surface area contributed by atoms with Crippen molar-refractivity contribution in [2.24, 2.45) is 5.92 Å². The molecule has 2 unspecified atom stereocenters. The molecule has 10 heteroatoms. The Morgan fingerprint density at radius 2 is 1.32 bits per heavy atom. The molecule has 0 spiro atoms. The molecular formula is C31H47N3O7. The van der Waals surface area contributed by atoms with E-state index in [1.807, 2.05) is 6.08 Å². The average Bonchev–Trinajstić information content (AvgIpc) is 2.95. The SMILES string of the molecule is C=CCCCCCCCCCOC(=O)C1CCCCCCCCCCC1NC(=O)c1cc([N+](=O)[O-])cc([N+](=O)[O-])c1. The van der Waals surface area contributed by atoms with Crippen molar-refractivity contribution >= 4 is 23.3 Å². The van der Waals surface area contributed by atoms with Crippen LogP contribution in [0.25, 0.3) is 0 Å². The van der Waals surface area contributed by atoms with Gasteiger partial charge in [-0.1, -0.05) is 89.5 Å². The van der Waals surface area contributed by atoms with Gasteiger partial charge in [0.25, 0.3) is 17.3 Å². The van der Waals surface area contributed by atoms with Crippen LogP contribution in [0.5, 0.6) is 0 Å². The predicted octanol–water partition coefficient (Wildman–Crippen LogP) is 7.98. The summed E-state index contributed by atoms with van der Waals surface area (Å²) in [5, 5.41) is 25.5. The maximum Gasteiger partial charge on any atom is 0.311 e. The molecule has 0 radical (unpaired) electrons. The number of benzene rings is 1. The van der Waals surface area contributed by atoms with Crippen molar-refractivity contribution in [1.29, 1.82) is 0 Å². The summed E-state index contributed by atoms with van der Waals surface area (Å²) in [7, 11) is 0. The number of unbranched alkanes of at least 4 members (excludes halogenated alkanes) is 7. The standard InChI is InChI=1S/C31H47N3O7/c1-2-3-4-5-6-9-12-15-18-21-41-31(36)28-19-16-13-10-7-8-11-14-17-20-29(28)32-30(35)25-22-26(33(37)38)24-27(23-25)34(39)40/h2,22-24,28-29H,1,3-21H2,(H,32,35). The largest absolute Gasteiger partial charge is 0.465 e. The number of nitrogens with zero attached hydrogens (tertiary/aromatic N) is 2. The summed E-state index contributed by atoms with van der Waals surface area (Å²) >= 11 is 0. The topological polar surface area (TPSA) is 142 Å². The van der Waals surface area contributed by atoms with E-state index in [4.69, 9.17) is 4.74 Å². The van der Waals surface area contributed by atoms with Crippen molar-refractivity contribution in [3.05, 3.63) is 56.6 Å². The van der Waals surface area contributed by atoms with Crippen molar-refractivity contribution in [2.75, 3.05) is 6.61 Å². The first-order valence-corrected chi connectivity index (χ1v) is 15.4. The molecule has 0 heterocycles. The Bertz CT molecular complexity index is 966. The smallest absolute Gasteiger partial charge is 0.311 e. The molecule has 0 aliphatic heterocycles. The predicted molar refractivity (Wildman–Crippen MR) is 159 cm³/mol. The molecule has 1 amide bonds. The molecule has 1 aromatic rings. The highest BCUT2D eigenvalue weighted by Gasteiger charge is 2.31. The van der Waals surface area contributed by atoms with Crippen LogP contribution in [0.2, 0.25) is 0 Å². The van der Waals surface area contributed by atoms with Gasteiger partial charge in [-0.05, 0) is 32.1 Å². The minimum atomic E-state index is -0.761. The fourth-order valence-corrected chi connectivity index (χ4v) is 5.39. The number of esters is 1. The van der Waals surface area contributed by atoms with E-state index >= 15 is 0 Å². The lowest BCUT2D eigenvalue weighted by molar-refractivity contribution is -0.394. The first-order chi connectivity index (χ1) is 19.8. The zero-order valence-corrected chi connectivity index (χ0v) is 24.4. The van der Waals surface area contributed by atoms with E-state index in [1.165, 1.54) is 25.7 Å². The van der Waals surface area contributed by atoms with Crippen molar-refractivity contribution < 1.29 is 24.2 Å². The Morgan fingerprint density at radius 3 is 1.88 bits per heavy atom. The minimum absolute atomic E-state index is 0.173. The number of non-ortho nitro benzene ring substituents is 2. The van der Waals surface area contributed by atoms with Gasteiger partial charge in [0.05, 0.1) is 34.0 Å². The van der Waals surface area contributed by atoms with Crippen LogP contribution in [0.3, 0.4) is 0 Å². The Labute approximate surface area is 243 Å². The second-order valence-corrected chi connectivity index (χ2v) is 11.1. The number of carbonyl (C=O) groups excluding carboxylic acids is 2. The summed E-state index contributed by atoms with van der Waals surface area (Å²) < 4.78 is 5.70. The first kappa shape index (κ1) is 33.9. The van der Waals surface area contributed by atoms with E-state index in [-0.39, 0.29) is 11.5 Å². The lowest BCUT2D eigenvalue weighted by Crippen LogP contribution is -2.44. The van der Waals surface area contributed by atoms with E-state index in [0.29, 0.717) is 19.4 Å². The van der Waals surface area contributed by atoms with E-state index in [9.17, 15) is 29.8 Å². The highest BCUT2D eigenvalue weighted by atomic mass is 16.6. The molecule has 2 rings (SSSR count). The van der Waals surface area contributed by atoms with Gasteiger partial charge in [-0.15, -0.1) is 6.58 Å². The third kappa shape index (κ3) is 13.3. The van der Waals surface area contributed by atoms with Gasteiger partial charge in [0.15, 0.2) is 0 Å². The monoisotopic (exact) mass is 573 g/mol. The van der Waals surface area contributed by atoms with Crippen LogP contribution in [-0.2, 0) is 9.53 Å². The van der Waals surface area contributed by atoms with E-state index in [0.717, 1.165) is 95.2 Å². The van der Waals surface area contributed by atoms with Gasteiger partial charge < -0.3 is 10.1 Å². The molecule has 1 aliphatic carbocycles. The molecular weight excluding hydrogens is 526 g/mol. The molecule has 1 aromatic carbocycles. The quantitative estimate of drug-likeness (QED) is 0.0736. The van der Waals surface area contributed by atoms with Crippen molar-refractivity contribution in [3.8, 4) is 0 Å². The average molecular weight is 574 g/mol. The van der Waals surface area contributed by atoms with Gasteiger partial charge in [0.1, 0.15) is 0 Å². The number of amides is 1. The number of nitro groups is 2. The van der Waals surface area contributed by atoms with Gasteiger partial charge >= 0.3 is 5.97 Å². The maximum absolute atomic E-state index is 13.3. The molecule has 1 N–H and O–H groups in total. The first-order valence-electron chi connectivity index (χ1n) is 15.4. The summed E-state index contributed by atoms with van der Waals surface area (Å²) in [6.07, 6.45) is 19.9. The third-order valence-corrected chi connectivity index (χ3v) is 7.77. The van der Waals surface area contributed by atoms with Crippen molar-refractivity contribution in [3.63, 3.8) is 0 Å². The van der Waals surface area contributed by atoms with Crippen molar-refractivity contribution in [2.45, 2.75) is 122 Å². The zero-order valence-electron chi connectivity index (χ0n) is 24.4.